The second-order valence-corrected chi connectivity index (χ2v) is 6.97. The molecule has 7 nitrogen and oxygen atoms in total. The van der Waals surface area contributed by atoms with Crippen molar-refractivity contribution >= 4 is 57.3 Å². The molecule has 2 aromatic rings. The van der Waals surface area contributed by atoms with Crippen molar-refractivity contribution in [3.63, 3.8) is 0 Å². The monoisotopic (exact) mass is 379 g/mol. The van der Waals surface area contributed by atoms with E-state index in [2.05, 4.69) is 9.17 Å². The molecule has 14 heteroatoms. The fraction of sp³-hybridized carbons (Fsp3) is 0.200. The molecule has 0 bridgehead atoms. The van der Waals surface area contributed by atoms with E-state index in [9.17, 15) is 31.4 Å². The van der Waals surface area contributed by atoms with Gasteiger partial charge < -0.3 is 18.7 Å². The van der Waals surface area contributed by atoms with Crippen LogP contribution in [0.1, 0.15) is 0 Å². The Morgan fingerprint density at radius 2 is 2.17 bits per heavy atom. The Morgan fingerprint density at radius 1 is 1.50 bits per heavy atom. The normalized spacial score (nSPS) is 12.0. The average Bonchev–Trinajstić information content (AvgIpc) is 2.87. The van der Waals surface area contributed by atoms with Crippen LogP contribution in [0.2, 0.25) is 6.82 Å². The number of pyridine rings is 1. The van der Waals surface area contributed by atoms with E-state index < -0.39 is 28.4 Å². The van der Waals surface area contributed by atoms with Gasteiger partial charge in [-0.2, -0.15) is 21.6 Å². The Kier molecular flexibility index (Phi) is 5.11. The summed E-state index contributed by atoms with van der Waals surface area (Å²) in [5.41, 5.74) is -5.57. The fourth-order valence-corrected chi connectivity index (χ4v) is 3.27. The van der Waals surface area contributed by atoms with Gasteiger partial charge in [0.15, 0.2) is 5.75 Å². The molecule has 24 heavy (non-hydrogen) atoms. The zero-order chi connectivity index (χ0) is 18.1. The number of rotatable bonds is 6. The first-order chi connectivity index (χ1) is 11.1. The minimum absolute atomic E-state index is 0.00438. The number of anilines is 1. The van der Waals surface area contributed by atoms with Crippen LogP contribution in [0.15, 0.2) is 18.3 Å². The van der Waals surface area contributed by atoms with Crippen molar-refractivity contribution in [2.45, 2.75) is 12.3 Å². The molecule has 0 saturated heterocycles. The molecule has 127 valence electrons. The molecule has 0 unspecified atom stereocenters. The molecule has 2 rings (SSSR count). The molecule has 0 aliphatic heterocycles. The third kappa shape index (κ3) is 3.65. The molecule has 0 aliphatic rings. The smallest absolute Gasteiger partial charge is 0.433 e. The highest BCUT2D eigenvalue weighted by molar-refractivity contribution is 7.88. The van der Waals surface area contributed by atoms with Gasteiger partial charge in [-0.3, -0.25) is 0 Å². The Morgan fingerprint density at radius 3 is 2.71 bits per heavy atom. The Labute approximate surface area is 139 Å². The first-order valence-electron chi connectivity index (χ1n) is 6.21. The van der Waals surface area contributed by atoms with Crippen molar-refractivity contribution in [3.8, 4) is 5.75 Å². The molecule has 0 fully saturated rings. The van der Waals surface area contributed by atoms with Gasteiger partial charge in [-0.25, -0.2) is 4.98 Å². The summed E-state index contributed by atoms with van der Waals surface area (Å²) in [6, 6.07) is 2.24. The number of aromatic nitrogens is 1. The van der Waals surface area contributed by atoms with Crippen molar-refractivity contribution in [1.29, 1.82) is 0 Å². The summed E-state index contributed by atoms with van der Waals surface area (Å²) in [6.45, 7) is 1.36. The van der Waals surface area contributed by atoms with Gasteiger partial charge in [0.2, 0.25) is 0 Å². The van der Waals surface area contributed by atoms with E-state index in [0.717, 1.165) is 35.7 Å². The zero-order valence-corrected chi connectivity index (χ0v) is 13.5. The molecular formula is C10H8B2F3N2O5S2. The quantitative estimate of drug-likeness (QED) is 0.349. The number of alkyl halides is 3. The lowest BCUT2D eigenvalue weighted by atomic mass is 9.74. The minimum Gasteiger partial charge on any atom is -0.433 e. The molecular weight excluding hydrogens is 371 g/mol. The Hall–Kier alpha value is -1.79. The molecule has 0 spiro atoms. The van der Waals surface area contributed by atoms with Crippen LogP contribution in [0.3, 0.4) is 0 Å². The highest BCUT2D eigenvalue weighted by Crippen LogP contribution is 2.38. The fourth-order valence-electron chi connectivity index (χ4n) is 1.72. The third-order valence-corrected chi connectivity index (χ3v) is 4.77. The summed E-state index contributed by atoms with van der Waals surface area (Å²) < 4.78 is 64.9. The number of halogens is 3. The Balaban J connectivity index is 2.49. The van der Waals surface area contributed by atoms with Crippen LogP contribution in [0, 0.1) is 0 Å². The molecule has 0 atom stereocenters. The van der Waals surface area contributed by atoms with Gasteiger partial charge in [0.1, 0.15) is 11.0 Å². The van der Waals surface area contributed by atoms with Gasteiger partial charge in [-0.05, 0) is 12.9 Å². The first-order valence-corrected chi connectivity index (χ1v) is 8.43. The second kappa shape index (κ2) is 6.61. The SMILES string of the molecule is CB(O)N([B]C=O)c1cc2c(OS(=O)(=O)C(F)(F)F)ccnc2s1. The van der Waals surface area contributed by atoms with Crippen LogP contribution in [-0.4, -0.2) is 44.6 Å². The van der Waals surface area contributed by atoms with E-state index in [1.807, 2.05) is 0 Å². The lowest BCUT2D eigenvalue weighted by molar-refractivity contribution is -0.0499. The van der Waals surface area contributed by atoms with Crippen LogP contribution in [0.25, 0.3) is 10.2 Å². The molecule has 1 N–H and O–H groups in total. The molecule has 2 aromatic heterocycles. The summed E-state index contributed by atoms with van der Waals surface area (Å²) in [5, 5.41) is 9.89. The number of nitrogens with zero attached hydrogens (tertiary/aromatic N) is 2. The van der Waals surface area contributed by atoms with Gasteiger partial charge in [-0.1, -0.05) is 0 Å². The van der Waals surface area contributed by atoms with Crippen molar-refractivity contribution in [2.75, 3.05) is 4.72 Å². The number of fused-ring (bicyclic) bond motifs is 1. The number of thiophene rings is 1. The molecule has 2 heterocycles. The summed E-state index contributed by atoms with van der Waals surface area (Å²) in [6.07, 6.45) is 1.50. The van der Waals surface area contributed by atoms with Crippen molar-refractivity contribution in [2.24, 2.45) is 0 Å². The van der Waals surface area contributed by atoms with Crippen LogP contribution < -0.4 is 8.91 Å². The van der Waals surface area contributed by atoms with E-state index in [0.29, 0.717) is 6.19 Å². The number of carbonyl (C=O) groups excluding carboxylic acids is 1. The van der Waals surface area contributed by atoms with Crippen molar-refractivity contribution in [1.82, 2.24) is 4.98 Å². The molecule has 0 amide bonds. The summed E-state index contributed by atoms with van der Waals surface area (Å²) in [7, 11) is -5.92. The minimum atomic E-state index is -5.83. The van der Waals surface area contributed by atoms with Gasteiger partial charge >= 0.3 is 30.1 Å². The van der Waals surface area contributed by atoms with Crippen LogP contribution in [0.5, 0.6) is 5.75 Å². The number of hydrogen-bond donors (Lipinski definition) is 1. The number of carbonyl (C=O) groups is 1. The maximum absolute atomic E-state index is 12.4. The molecule has 0 aromatic carbocycles. The largest absolute Gasteiger partial charge is 0.534 e. The van der Waals surface area contributed by atoms with Gasteiger partial charge in [0.05, 0.1) is 10.4 Å². The summed E-state index contributed by atoms with van der Waals surface area (Å²) >= 11 is 0.930. The van der Waals surface area contributed by atoms with E-state index in [-0.39, 0.29) is 15.2 Å². The predicted molar refractivity (Wildman–Crippen MR) is 84.0 cm³/mol. The van der Waals surface area contributed by atoms with E-state index in [4.69, 9.17) is 0 Å². The van der Waals surface area contributed by atoms with E-state index in [1.54, 1.807) is 0 Å². The first kappa shape index (κ1) is 18.5. The highest BCUT2D eigenvalue weighted by Gasteiger charge is 2.48. The van der Waals surface area contributed by atoms with Crippen LogP contribution in [0.4, 0.5) is 18.2 Å². The lowest BCUT2D eigenvalue weighted by Crippen LogP contribution is -2.40. The topological polar surface area (TPSA) is 96.8 Å². The van der Waals surface area contributed by atoms with Gasteiger partial charge in [0.25, 0.3) is 0 Å². The third-order valence-electron chi connectivity index (χ3n) is 2.74. The zero-order valence-electron chi connectivity index (χ0n) is 11.9. The van der Waals surface area contributed by atoms with Crippen LogP contribution >= 0.6 is 11.3 Å². The van der Waals surface area contributed by atoms with Crippen molar-refractivity contribution in [3.05, 3.63) is 18.3 Å². The van der Waals surface area contributed by atoms with Crippen molar-refractivity contribution < 1.29 is 35.6 Å². The second-order valence-electron chi connectivity index (χ2n) is 4.42. The summed E-state index contributed by atoms with van der Waals surface area (Å²) in [4.78, 5) is 14.7. The molecule has 0 saturated carbocycles. The molecule has 1 radical (unpaired) electrons. The average molecular weight is 379 g/mol. The number of hydrogen-bond acceptors (Lipinski definition) is 8. The van der Waals surface area contributed by atoms with E-state index >= 15 is 0 Å². The maximum atomic E-state index is 12.4. The van der Waals surface area contributed by atoms with Gasteiger partial charge in [0, 0.05) is 12.3 Å². The molecule has 0 aliphatic carbocycles. The standard InChI is InChI=1S/C10H8B2F3N2O5S2/c1-12(19)17(11-5-18)8-4-6-7(2-3-16-9(6)23-8)22-24(20,21)10(13,14)15/h2-5,19H,1H3. The predicted octanol–water partition coefficient (Wildman–Crippen LogP) is 1.25. The van der Waals surface area contributed by atoms with Crippen LogP contribution in [-0.2, 0) is 14.9 Å². The van der Waals surface area contributed by atoms with Gasteiger partial charge in [-0.15, -0.1) is 11.3 Å². The maximum Gasteiger partial charge on any atom is 0.534 e. The summed E-state index contributed by atoms with van der Waals surface area (Å²) in [5.74, 6) is -0.559. The Bertz CT molecular complexity index is 856. The highest BCUT2D eigenvalue weighted by atomic mass is 32.2. The lowest BCUT2D eigenvalue weighted by Gasteiger charge is -2.20. The van der Waals surface area contributed by atoms with E-state index in [1.165, 1.54) is 12.9 Å².